The van der Waals surface area contributed by atoms with E-state index in [2.05, 4.69) is 20.3 Å². The van der Waals surface area contributed by atoms with Crippen molar-refractivity contribution in [1.82, 2.24) is 20.3 Å². The second-order valence-corrected chi connectivity index (χ2v) is 8.65. The van der Waals surface area contributed by atoms with Crippen LogP contribution in [0.5, 0.6) is 5.75 Å². The van der Waals surface area contributed by atoms with E-state index in [9.17, 15) is 8.42 Å². The molecule has 4 aromatic rings. The van der Waals surface area contributed by atoms with E-state index in [-0.39, 0.29) is 29.2 Å². The molecule has 0 unspecified atom stereocenters. The first-order valence-corrected chi connectivity index (χ1v) is 10.8. The molecule has 1 aromatic carbocycles. The van der Waals surface area contributed by atoms with Crippen LogP contribution in [0.4, 0.5) is 0 Å². The lowest BCUT2D eigenvalue weighted by atomic mass is 10.2. The van der Waals surface area contributed by atoms with Crippen LogP contribution in [0.15, 0.2) is 50.1 Å². The topological polar surface area (TPSA) is 121 Å². The molecule has 0 N–H and O–H groups in total. The molecular weight excluding hydrogens is 404 g/mol. The van der Waals surface area contributed by atoms with Crippen molar-refractivity contribution in [3.8, 4) is 28.7 Å². The van der Waals surface area contributed by atoms with Crippen molar-refractivity contribution >= 4 is 21.2 Å². The molecule has 9 nitrogen and oxygen atoms in total. The van der Waals surface area contributed by atoms with Gasteiger partial charge < -0.3 is 13.8 Å². The smallest absolute Gasteiger partial charge is 0.258 e. The summed E-state index contributed by atoms with van der Waals surface area (Å²) in [5.41, 5.74) is 1.42. The first kappa shape index (κ1) is 18.3. The highest BCUT2D eigenvalue weighted by molar-refractivity contribution is 7.89. The lowest BCUT2D eigenvalue weighted by Crippen LogP contribution is -2.09. The van der Waals surface area contributed by atoms with E-state index in [1.165, 1.54) is 11.3 Å². The van der Waals surface area contributed by atoms with Gasteiger partial charge in [-0.2, -0.15) is 21.3 Å². The number of benzene rings is 1. The van der Waals surface area contributed by atoms with Crippen molar-refractivity contribution < 1.29 is 22.2 Å². The maximum atomic E-state index is 12.4. The molecule has 3 aromatic heterocycles. The molecule has 0 radical (unpaired) electrons. The predicted octanol–water partition coefficient (Wildman–Crippen LogP) is 2.97. The first-order valence-electron chi connectivity index (χ1n) is 8.05. The highest BCUT2D eigenvalue weighted by Gasteiger charge is 2.21. The van der Waals surface area contributed by atoms with Gasteiger partial charge in [-0.05, 0) is 35.7 Å². The number of methoxy groups -OCH3 is 1. The fraction of sp³-hybridized carbons (Fsp3) is 0.176. The van der Waals surface area contributed by atoms with Crippen LogP contribution < -0.4 is 4.74 Å². The zero-order chi connectivity index (χ0) is 19.6. The summed E-state index contributed by atoms with van der Waals surface area (Å²) in [4.78, 5) is 8.27. The lowest BCUT2D eigenvalue weighted by Gasteiger charge is -1.99. The Labute approximate surface area is 163 Å². The van der Waals surface area contributed by atoms with Crippen molar-refractivity contribution in [1.29, 1.82) is 0 Å². The molecule has 3 heterocycles. The van der Waals surface area contributed by atoms with Crippen molar-refractivity contribution in [3.05, 3.63) is 52.7 Å². The van der Waals surface area contributed by atoms with Gasteiger partial charge in [-0.25, -0.2) is 8.42 Å². The average molecular weight is 418 g/mol. The molecule has 144 valence electrons. The molecule has 0 aliphatic rings. The number of nitrogens with zero attached hydrogens (tertiary/aromatic N) is 4. The summed E-state index contributed by atoms with van der Waals surface area (Å²) in [5.74, 6) is 0.572. The predicted molar refractivity (Wildman–Crippen MR) is 100 cm³/mol. The summed E-state index contributed by atoms with van der Waals surface area (Å²) >= 11 is 1.48. The summed E-state index contributed by atoms with van der Waals surface area (Å²) in [6, 6.07) is 8.80. The van der Waals surface area contributed by atoms with Crippen LogP contribution in [0.1, 0.15) is 11.6 Å². The molecule has 0 aliphatic heterocycles. The van der Waals surface area contributed by atoms with Gasteiger partial charge in [0.25, 0.3) is 11.8 Å². The van der Waals surface area contributed by atoms with Crippen molar-refractivity contribution in [3.63, 3.8) is 0 Å². The van der Waals surface area contributed by atoms with Crippen LogP contribution in [0.3, 0.4) is 0 Å². The monoisotopic (exact) mass is 418 g/mol. The first-order chi connectivity index (χ1) is 13.5. The molecule has 4 rings (SSSR count). The number of sulfone groups is 1. The standard InChI is InChI=1S/C17H14N4O5S2/c1-24-13-4-2-11(3-5-13)16-18-14(20-25-16)9-28(22,23)10-15-19-17(26-21-15)12-6-7-27-8-12/h2-8H,9-10H2,1H3. The Morgan fingerprint density at radius 1 is 0.929 bits per heavy atom. The molecular formula is C17H14N4O5S2. The summed E-state index contributed by atoms with van der Waals surface area (Å²) < 4.78 is 40.2. The third-order valence-corrected chi connectivity index (χ3v) is 5.82. The molecule has 0 fully saturated rings. The van der Waals surface area contributed by atoms with E-state index in [0.29, 0.717) is 11.3 Å². The number of rotatable bonds is 7. The van der Waals surface area contributed by atoms with Gasteiger partial charge in [-0.1, -0.05) is 10.3 Å². The Morgan fingerprint density at radius 2 is 1.54 bits per heavy atom. The third kappa shape index (κ3) is 4.10. The van der Waals surface area contributed by atoms with E-state index in [0.717, 1.165) is 5.56 Å². The molecule has 0 bridgehead atoms. The molecule has 28 heavy (non-hydrogen) atoms. The average Bonchev–Trinajstić information content (AvgIpc) is 3.42. The number of thiophene rings is 1. The normalized spacial score (nSPS) is 11.6. The summed E-state index contributed by atoms with van der Waals surface area (Å²) in [5, 5.41) is 11.2. The van der Waals surface area contributed by atoms with Crippen LogP contribution in [0.25, 0.3) is 22.9 Å². The van der Waals surface area contributed by atoms with Gasteiger partial charge in [0.15, 0.2) is 21.5 Å². The van der Waals surface area contributed by atoms with Gasteiger partial charge >= 0.3 is 0 Å². The highest BCUT2D eigenvalue weighted by Crippen LogP contribution is 2.22. The fourth-order valence-corrected chi connectivity index (χ4v) is 4.18. The minimum atomic E-state index is -3.61. The van der Waals surface area contributed by atoms with Gasteiger partial charge in [0, 0.05) is 10.9 Å². The van der Waals surface area contributed by atoms with Gasteiger partial charge in [0.2, 0.25) is 0 Å². The maximum absolute atomic E-state index is 12.4. The third-order valence-electron chi connectivity index (χ3n) is 3.74. The number of aromatic nitrogens is 4. The van der Waals surface area contributed by atoms with Crippen molar-refractivity contribution in [2.75, 3.05) is 7.11 Å². The van der Waals surface area contributed by atoms with Crippen LogP contribution >= 0.6 is 11.3 Å². The fourth-order valence-electron chi connectivity index (χ4n) is 2.42. The van der Waals surface area contributed by atoms with Crippen LogP contribution in [0.2, 0.25) is 0 Å². The Hall–Kier alpha value is -3.05. The van der Waals surface area contributed by atoms with Crippen molar-refractivity contribution in [2.24, 2.45) is 0 Å². The van der Waals surface area contributed by atoms with Crippen LogP contribution in [0, 0.1) is 0 Å². The Kier molecular flexibility index (Phi) is 4.92. The molecule has 0 saturated carbocycles. The molecule has 0 aliphatic carbocycles. The van der Waals surface area contributed by atoms with E-state index in [1.807, 2.05) is 16.8 Å². The second-order valence-electron chi connectivity index (χ2n) is 5.80. The van der Waals surface area contributed by atoms with Crippen LogP contribution in [-0.2, 0) is 21.3 Å². The molecule has 0 atom stereocenters. The minimum absolute atomic E-state index is 0.0624. The SMILES string of the molecule is COc1ccc(-c2nc(CS(=O)(=O)Cc3noc(-c4ccsc4)n3)no2)cc1. The van der Waals surface area contributed by atoms with E-state index in [4.69, 9.17) is 13.8 Å². The largest absolute Gasteiger partial charge is 0.497 e. The molecule has 0 amide bonds. The zero-order valence-corrected chi connectivity index (χ0v) is 16.2. The van der Waals surface area contributed by atoms with Gasteiger partial charge in [0.05, 0.1) is 12.7 Å². The molecule has 0 saturated heterocycles. The molecule has 0 spiro atoms. The highest BCUT2D eigenvalue weighted by atomic mass is 32.2. The van der Waals surface area contributed by atoms with Gasteiger partial charge in [-0.15, -0.1) is 0 Å². The van der Waals surface area contributed by atoms with Gasteiger partial charge in [-0.3, -0.25) is 0 Å². The van der Waals surface area contributed by atoms with Crippen LogP contribution in [-0.4, -0.2) is 35.8 Å². The summed E-state index contributed by atoms with van der Waals surface area (Å²) in [6.07, 6.45) is 0. The summed E-state index contributed by atoms with van der Waals surface area (Å²) in [6.45, 7) is 0. The summed E-state index contributed by atoms with van der Waals surface area (Å²) in [7, 11) is -2.04. The molecule has 11 heteroatoms. The quantitative estimate of drug-likeness (QED) is 0.446. The van der Waals surface area contributed by atoms with E-state index in [1.54, 1.807) is 31.4 Å². The zero-order valence-electron chi connectivity index (χ0n) is 14.6. The van der Waals surface area contributed by atoms with E-state index >= 15 is 0 Å². The Bertz CT molecular complexity index is 1160. The number of ether oxygens (including phenoxy) is 1. The Morgan fingerprint density at radius 3 is 2.07 bits per heavy atom. The van der Waals surface area contributed by atoms with E-state index < -0.39 is 15.6 Å². The van der Waals surface area contributed by atoms with Gasteiger partial charge in [0.1, 0.15) is 17.3 Å². The minimum Gasteiger partial charge on any atom is -0.497 e. The second kappa shape index (κ2) is 7.52. The lowest BCUT2D eigenvalue weighted by molar-refractivity contribution is 0.414. The number of hydrogen-bond donors (Lipinski definition) is 0. The van der Waals surface area contributed by atoms with Crippen molar-refractivity contribution in [2.45, 2.75) is 11.5 Å². The number of hydrogen-bond acceptors (Lipinski definition) is 10. The maximum Gasteiger partial charge on any atom is 0.258 e. The Balaban J connectivity index is 1.45.